The van der Waals surface area contributed by atoms with Gasteiger partial charge in [-0.2, -0.15) is 0 Å². The number of benzene rings is 1. The number of piperazine rings is 1. The maximum Gasteiger partial charge on any atom is 0.410 e. The Morgan fingerprint density at radius 1 is 1.30 bits per heavy atom. The molecule has 0 aromatic heterocycles. The molecule has 2 N–H and O–H groups in total. The van der Waals surface area contributed by atoms with Crippen LogP contribution in [0.25, 0.3) is 0 Å². The van der Waals surface area contributed by atoms with Crippen LogP contribution in [0.4, 0.5) is 16.2 Å². The lowest BCUT2D eigenvalue weighted by Gasteiger charge is -2.41. The molecule has 128 valence electrons. The normalized spacial score (nSPS) is 18.7. The summed E-state index contributed by atoms with van der Waals surface area (Å²) in [6.45, 7) is 9.74. The number of rotatable bonds is 2. The zero-order valence-electron chi connectivity index (χ0n) is 14.6. The van der Waals surface area contributed by atoms with E-state index in [1.165, 1.54) is 0 Å². The van der Waals surface area contributed by atoms with Gasteiger partial charge in [-0.3, -0.25) is 0 Å². The third-order valence-corrected chi connectivity index (χ3v) is 3.83. The molecule has 1 aliphatic rings. The molecule has 6 heteroatoms. The number of carbonyl (C=O) groups is 1. The van der Waals surface area contributed by atoms with Crippen molar-refractivity contribution in [2.24, 2.45) is 0 Å². The summed E-state index contributed by atoms with van der Waals surface area (Å²) >= 11 is 0. The molecule has 1 aromatic rings. The molecule has 1 amide bonds. The number of nitrogens with zero attached hydrogens (tertiary/aromatic N) is 2. The first-order valence-electron chi connectivity index (χ1n) is 7.89. The molecule has 1 fully saturated rings. The number of carbonyl (C=O) groups excluding carboxylic acids is 1. The maximum absolute atomic E-state index is 12.2. The molecule has 0 bridgehead atoms. The van der Waals surface area contributed by atoms with Crippen LogP contribution in [0.5, 0.6) is 5.75 Å². The largest absolute Gasteiger partial charge is 0.495 e. The Morgan fingerprint density at radius 2 is 2.00 bits per heavy atom. The molecule has 1 atom stereocenters. The highest BCUT2D eigenvalue weighted by Gasteiger charge is 2.30. The van der Waals surface area contributed by atoms with Gasteiger partial charge in [0.1, 0.15) is 11.4 Å². The van der Waals surface area contributed by atoms with E-state index in [0.29, 0.717) is 24.5 Å². The summed E-state index contributed by atoms with van der Waals surface area (Å²) in [4.78, 5) is 16.2. The van der Waals surface area contributed by atoms with Gasteiger partial charge in [0.05, 0.1) is 12.8 Å². The van der Waals surface area contributed by atoms with E-state index in [1.807, 2.05) is 39.0 Å². The second kappa shape index (κ2) is 6.56. The van der Waals surface area contributed by atoms with E-state index < -0.39 is 5.60 Å². The molecule has 0 aliphatic carbocycles. The van der Waals surface area contributed by atoms with Crippen molar-refractivity contribution in [1.82, 2.24) is 4.90 Å². The Labute approximate surface area is 138 Å². The zero-order chi connectivity index (χ0) is 17.2. The van der Waals surface area contributed by atoms with Crippen LogP contribution in [-0.2, 0) is 4.74 Å². The first kappa shape index (κ1) is 17.2. The van der Waals surface area contributed by atoms with Crippen molar-refractivity contribution < 1.29 is 14.3 Å². The van der Waals surface area contributed by atoms with Gasteiger partial charge in [0.2, 0.25) is 0 Å². The fourth-order valence-electron chi connectivity index (χ4n) is 2.71. The molecule has 0 unspecified atom stereocenters. The number of nitrogen functional groups attached to an aromatic ring is 1. The zero-order valence-corrected chi connectivity index (χ0v) is 14.6. The van der Waals surface area contributed by atoms with Crippen molar-refractivity contribution in [3.8, 4) is 5.75 Å². The Morgan fingerprint density at radius 3 is 2.57 bits per heavy atom. The number of hydrogen-bond donors (Lipinski definition) is 1. The van der Waals surface area contributed by atoms with Gasteiger partial charge in [-0.05, 0) is 39.8 Å². The Kier molecular flexibility index (Phi) is 4.92. The molecule has 0 spiro atoms. The average Bonchev–Trinajstić information content (AvgIpc) is 2.46. The van der Waals surface area contributed by atoms with E-state index in [9.17, 15) is 4.79 Å². The monoisotopic (exact) mass is 321 g/mol. The molecular weight excluding hydrogens is 294 g/mol. The maximum atomic E-state index is 12.2. The average molecular weight is 321 g/mol. The van der Waals surface area contributed by atoms with Gasteiger partial charge < -0.3 is 25.0 Å². The molecule has 6 nitrogen and oxygen atoms in total. The number of amides is 1. The third-order valence-electron chi connectivity index (χ3n) is 3.83. The Balaban J connectivity index is 2.06. The summed E-state index contributed by atoms with van der Waals surface area (Å²) in [5, 5.41) is 0. The van der Waals surface area contributed by atoms with Crippen molar-refractivity contribution in [2.75, 3.05) is 37.4 Å². The number of anilines is 2. The van der Waals surface area contributed by atoms with Crippen LogP contribution >= 0.6 is 0 Å². The standard InChI is InChI=1S/C17H27N3O3/c1-12-11-19(16(21)23-17(2,3)4)8-9-20(12)13-6-7-14(18)15(10-13)22-5/h6-7,10,12H,8-9,11,18H2,1-5H3/t12-/m1/s1. The predicted molar refractivity (Wildman–Crippen MR) is 92.0 cm³/mol. The lowest BCUT2D eigenvalue weighted by Crippen LogP contribution is -2.54. The molecule has 1 aliphatic heterocycles. The SMILES string of the molecule is COc1cc(N2CCN(C(=O)OC(C)(C)C)C[C@H]2C)ccc1N. The van der Waals surface area contributed by atoms with Crippen molar-refractivity contribution in [1.29, 1.82) is 0 Å². The fraction of sp³-hybridized carbons (Fsp3) is 0.588. The fourth-order valence-corrected chi connectivity index (χ4v) is 2.71. The number of nitrogens with two attached hydrogens (primary N) is 1. The number of methoxy groups -OCH3 is 1. The van der Waals surface area contributed by atoms with Crippen LogP contribution in [0, 0.1) is 0 Å². The van der Waals surface area contributed by atoms with Crippen LogP contribution < -0.4 is 15.4 Å². The summed E-state index contributed by atoms with van der Waals surface area (Å²) < 4.78 is 10.7. The molecule has 1 saturated heterocycles. The van der Waals surface area contributed by atoms with E-state index >= 15 is 0 Å². The first-order chi connectivity index (χ1) is 10.7. The summed E-state index contributed by atoms with van der Waals surface area (Å²) in [6, 6.07) is 5.96. The molecule has 1 heterocycles. The van der Waals surface area contributed by atoms with Crippen molar-refractivity contribution in [3.63, 3.8) is 0 Å². The minimum absolute atomic E-state index is 0.185. The molecule has 23 heavy (non-hydrogen) atoms. The van der Waals surface area contributed by atoms with Gasteiger partial charge >= 0.3 is 6.09 Å². The van der Waals surface area contributed by atoms with Crippen LogP contribution in [-0.4, -0.2) is 49.4 Å². The lowest BCUT2D eigenvalue weighted by atomic mass is 10.1. The predicted octanol–water partition coefficient (Wildman–Crippen LogP) is 2.72. The van der Waals surface area contributed by atoms with Crippen LogP contribution in [0.3, 0.4) is 0 Å². The van der Waals surface area contributed by atoms with Gasteiger partial charge in [0.25, 0.3) is 0 Å². The first-order valence-corrected chi connectivity index (χ1v) is 7.89. The summed E-state index contributed by atoms with van der Waals surface area (Å²) in [7, 11) is 1.61. The molecule has 0 radical (unpaired) electrons. The number of ether oxygens (including phenoxy) is 2. The van der Waals surface area contributed by atoms with Crippen molar-refractivity contribution >= 4 is 17.5 Å². The van der Waals surface area contributed by atoms with Gasteiger partial charge in [0, 0.05) is 37.4 Å². The molecular formula is C17H27N3O3. The van der Waals surface area contributed by atoms with Gasteiger partial charge in [0.15, 0.2) is 0 Å². The van der Waals surface area contributed by atoms with Crippen molar-refractivity contribution in [3.05, 3.63) is 18.2 Å². The minimum Gasteiger partial charge on any atom is -0.495 e. The molecule has 2 rings (SSSR count). The summed E-state index contributed by atoms with van der Waals surface area (Å²) in [5.41, 5.74) is 7.07. The van der Waals surface area contributed by atoms with Gasteiger partial charge in [-0.25, -0.2) is 4.79 Å². The van der Waals surface area contributed by atoms with Gasteiger partial charge in [-0.15, -0.1) is 0 Å². The minimum atomic E-state index is -0.470. The van der Waals surface area contributed by atoms with E-state index in [-0.39, 0.29) is 12.1 Å². The third kappa shape index (κ3) is 4.21. The van der Waals surface area contributed by atoms with Crippen molar-refractivity contribution in [2.45, 2.75) is 39.3 Å². The highest BCUT2D eigenvalue weighted by atomic mass is 16.6. The second-order valence-electron chi connectivity index (χ2n) is 6.90. The topological polar surface area (TPSA) is 68.0 Å². The second-order valence-corrected chi connectivity index (χ2v) is 6.90. The highest BCUT2D eigenvalue weighted by Crippen LogP contribution is 2.29. The van der Waals surface area contributed by atoms with E-state index in [1.54, 1.807) is 12.0 Å². The number of hydrogen-bond acceptors (Lipinski definition) is 5. The quantitative estimate of drug-likeness (QED) is 0.848. The smallest absolute Gasteiger partial charge is 0.410 e. The van der Waals surface area contributed by atoms with E-state index in [0.717, 1.165) is 12.2 Å². The Hall–Kier alpha value is -2.11. The van der Waals surface area contributed by atoms with Crippen LogP contribution in [0.1, 0.15) is 27.7 Å². The lowest BCUT2D eigenvalue weighted by molar-refractivity contribution is 0.0219. The summed E-state index contributed by atoms with van der Waals surface area (Å²) in [6.07, 6.45) is -0.251. The molecule has 0 saturated carbocycles. The van der Waals surface area contributed by atoms with Gasteiger partial charge in [-0.1, -0.05) is 0 Å². The highest BCUT2D eigenvalue weighted by molar-refractivity contribution is 5.69. The van der Waals surface area contributed by atoms with E-state index in [2.05, 4.69) is 11.8 Å². The summed E-state index contributed by atoms with van der Waals surface area (Å²) in [5.74, 6) is 0.671. The molecule has 1 aromatic carbocycles. The van der Waals surface area contributed by atoms with Crippen LogP contribution in [0.2, 0.25) is 0 Å². The Bertz CT molecular complexity index is 569. The van der Waals surface area contributed by atoms with E-state index in [4.69, 9.17) is 15.2 Å². The van der Waals surface area contributed by atoms with Crippen LogP contribution in [0.15, 0.2) is 18.2 Å².